The van der Waals surface area contributed by atoms with Crippen LogP contribution < -0.4 is 0 Å². The van der Waals surface area contributed by atoms with Gasteiger partial charge in [0.25, 0.3) is 0 Å². The zero-order chi connectivity index (χ0) is 12.7. The van der Waals surface area contributed by atoms with Gasteiger partial charge in [-0.15, -0.1) is 0 Å². The van der Waals surface area contributed by atoms with Gasteiger partial charge in [-0.25, -0.2) is 0 Å². The lowest BCUT2D eigenvalue weighted by Crippen LogP contribution is -1.99. The maximum absolute atomic E-state index is 9.47. The Morgan fingerprint density at radius 2 is 1.69 bits per heavy atom. The van der Waals surface area contributed by atoms with Crippen LogP contribution in [0.15, 0.2) is 18.2 Å². The van der Waals surface area contributed by atoms with Crippen LogP contribution in [0.4, 0.5) is 0 Å². The average molecular weight is 222 g/mol. The first-order chi connectivity index (χ1) is 7.56. The fraction of sp³-hybridized carbons (Fsp3) is 0.600. The molecule has 0 aliphatic carbocycles. The molecule has 0 heterocycles. The quantitative estimate of drug-likeness (QED) is 0.801. The predicted octanol–water partition coefficient (Wildman–Crippen LogP) is 4.45. The second-order valence-electron chi connectivity index (χ2n) is 4.14. The molecule has 0 bridgehead atoms. The summed E-state index contributed by atoms with van der Waals surface area (Å²) in [5.41, 5.74) is 3.78. The molecule has 16 heavy (non-hydrogen) atoms. The molecular formula is C15H26O. The van der Waals surface area contributed by atoms with E-state index < -0.39 is 0 Å². The Bertz CT molecular complexity index is 300. The highest BCUT2D eigenvalue weighted by Crippen LogP contribution is 2.23. The zero-order valence-electron chi connectivity index (χ0n) is 11.5. The maximum atomic E-state index is 9.47. The van der Waals surface area contributed by atoms with Crippen molar-refractivity contribution in [2.75, 3.05) is 0 Å². The molecule has 0 saturated carbocycles. The normalized spacial score (nSPS) is 12.0. The molecule has 0 aliphatic rings. The molecule has 1 heteroatoms. The van der Waals surface area contributed by atoms with Gasteiger partial charge in [-0.3, -0.25) is 0 Å². The summed E-state index contributed by atoms with van der Waals surface area (Å²) in [7, 11) is 0. The Labute approximate surface area is 101 Å². The molecule has 0 aliphatic heterocycles. The number of aryl methyl sites for hydroxylation is 1. The van der Waals surface area contributed by atoms with Gasteiger partial charge < -0.3 is 5.11 Å². The van der Waals surface area contributed by atoms with Crippen LogP contribution >= 0.6 is 0 Å². The standard InChI is InChI=1S/C13H20O.C2H6/c1-5-11-8-12(10(4)14)6-7-13(11)9(2)3;1-2/h6-10,14H,5H2,1-4H3;1-2H3. The third-order valence-corrected chi connectivity index (χ3v) is 2.65. The summed E-state index contributed by atoms with van der Waals surface area (Å²) in [4.78, 5) is 0. The lowest BCUT2D eigenvalue weighted by Gasteiger charge is -2.14. The number of aliphatic hydroxyl groups is 1. The summed E-state index contributed by atoms with van der Waals surface area (Å²) in [6.07, 6.45) is 0.676. The molecule has 1 aromatic rings. The number of rotatable bonds is 3. The summed E-state index contributed by atoms with van der Waals surface area (Å²) >= 11 is 0. The van der Waals surface area contributed by atoms with Gasteiger partial charge in [0, 0.05) is 0 Å². The van der Waals surface area contributed by atoms with Gasteiger partial charge in [0.05, 0.1) is 6.10 Å². The van der Waals surface area contributed by atoms with Gasteiger partial charge in [0.15, 0.2) is 0 Å². The first-order valence-electron chi connectivity index (χ1n) is 6.37. The maximum Gasteiger partial charge on any atom is 0.0762 e. The van der Waals surface area contributed by atoms with E-state index >= 15 is 0 Å². The number of benzene rings is 1. The molecule has 1 rings (SSSR count). The van der Waals surface area contributed by atoms with E-state index in [1.54, 1.807) is 0 Å². The van der Waals surface area contributed by atoms with Crippen molar-refractivity contribution >= 4 is 0 Å². The molecule has 1 unspecified atom stereocenters. The topological polar surface area (TPSA) is 20.2 Å². The Balaban J connectivity index is 0.00000106. The molecule has 0 amide bonds. The molecule has 0 aromatic heterocycles. The molecule has 1 aromatic carbocycles. The molecule has 0 radical (unpaired) electrons. The highest BCUT2D eigenvalue weighted by atomic mass is 16.3. The van der Waals surface area contributed by atoms with Crippen LogP contribution in [-0.4, -0.2) is 5.11 Å². The van der Waals surface area contributed by atoms with Gasteiger partial charge in [0.2, 0.25) is 0 Å². The van der Waals surface area contributed by atoms with E-state index in [0.29, 0.717) is 5.92 Å². The molecular weight excluding hydrogens is 196 g/mol. The molecule has 0 spiro atoms. The van der Waals surface area contributed by atoms with Crippen molar-refractivity contribution in [1.29, 1.82) is 0 Å². The van der Waals surface area contributed by atoms with Crippen LogP contribution in [0.1, 0.15) is 70.3 Å². The SMILES string of the molecule is CC.CCc1cc(C(C)O)ccc1C(C)C. The lowest BCUT2D eigenvalue weighted by molar-refractivity contribution is 0.199. The Morgan fingerprint density at radius 3 is 2.06 bits per heavy atom. The minimum absolute atomic E-state index is 0.360. The third-order valence-electron chi connectivity index (χ3n) is 2.65. The molecule has 1 atom stereocenters. The van der Waals surface area contributed by atoms with E-state index in [-0.39, 0.29) is 6.10 Å². The Kier molecular flexibility index (Phi) is 7.07. The van der Waals surface area contributed by atoms with Gasteiger partial charge in [0.1, 0.15) is 0 Å². The van der Waals surface area contributed by atoms with Crippen molar-refractivity contribution in [2.45, 2.75) is 60.0 Å². The van der Waals surface area contributed by atoms with E-state index in [0.717, 1.165) is 12.0 Å². The van der Waals surface area contributed by atoms with E-state index in [2.05, 4.69) is 32.9 Å². The summed E-state index contributed by atoms with van der Waals surface area (Å²) in [6.45, 7) is 12.4. The highest BCUT2D eigenvalue weighted by molar-refractivity contribution is 5.34. The van der Waals surface area contributed by atoms with Crippen LogP contribution in [0.25, 0.3) is 0 Å². The first kappa shape index (κ1) is 15.2. The Morgan fingerprint density at radius 1 is 1.12 bits per heavy atom. The first-order valence-corrected chi connectivity index (χ1v) is 6.37. The molecule has 0 saturated heterocycles. The predicted molar refractivity (Wildman–Crippen MR) is 71.9 cm³/mol. The molecule has 0 fully saturated rings. The van der Waals surface area contributed by atoms with Crippen molar-refractivity contribution in [3.63, 3.8) is 0 Å². The lowest BCUT2D eigenvalue weighted by atomic mass is 9.93. The van der Waals surface area contributed by atoms with Crippen LogP contribution in [0.2, 0.25) is 0 Å². The van der Waals surface area contributed by atoms with E-state index in [1.165, 1.54) is 11.1 Å². The number of hydrogen-bond acceptors (Lipinski definition) is 1. The van der Waals surface area contributed by atoms with Gasteiger partial charge in [-0.05, 0) is 36.0 Å². The fourth-order valence-electron chi connectivity index (χ4n) is 1.75. The van der Waals surface area contributed by atoms with Crippen LogP contribution in [-0.2, 0) is 6.42 Å². The second-order valence-corrected chi connectivity index (χ2v) is 4.14. The second kappa shape index (κ2) is 7.45. The van der Waals surface area contributed by atoms with Crippen LogP contribution in [0, 0.1) is 0 Å². The van der Waals surface area contributed by atoms with Crippen molar-refractivity contribution in [3.05, 3.63) is 34.9 Å². The fourth-order valence-corrected chi connectivity index (χ4v) is 1.75. The minimum Gasteiger partial charge on any atom is -0.389 e. The molecule has 92 valence electrons. The Hall–Kier alpha value is -0.820. The van der Waals surface area contributed by atoms with E-state index in [1.807, 2.05) is 26.8 Å². The average Bonchev–Trinajstić information content (AvgIpc) is 2.30. The molecule has 1 N–H and O–H groups in total. The minimum atomic E-state index is -0.360. The van der Waals surface area contributed by atoms with Crippen LogP contribution in [0.3, 0.4) is 0 Å². The van der Waals surface area contributed by atoms with Gasteiger partial charge in [-0.1, -0.05) is 52.8 Å². The van der Waals surface area contributed by atoms with Crippen molar-refractivity contribution in [1.82, 2.24) is 0 Å². The number of hydrogen-bond donors (Lipinski definition) is 1. The van der Waals surface area contributed by atoms with Crippen molar-refractivity contribution < 1.29 is 5.11 Å². The monoisotopic (exact) mass is 222 g/mol. The van der Waals surface area contributed by atoms with Gasteiger partial charge >= 0.3 is 0 Å². The van der Waals surface area contributed by atoms with Crippen molar-refractivity contribution in [2.24, 2.45) is 0 Å². The summed E-state index contributed by atoms with van der Waals surface area (Å²) < 4.78 is 0. The summed E-state index contributed by atoms with van der Waals surface area (Å²) in [5.74, 6) is 0.563. The van der Waals surface area contributed by atoms with Crippen molar-refractivity contribution in [3.8, 4) is 0 Å². The highest BCUT2D eigenvalue weighted by Gasteiger charge is 2.08. The summed E-state index contributed by atoms with van der Waals surface area (Å²) in [6, 6.07) is 6.30. The smallest absolute Gasteiger partial charge is 0.0762 e. The van der Waals surface area contributed by atoms with E-state index in [9.17, 15) is 5.11 Å². The molecule has 1 nitrogen and oxygen atoms in total. The summed E-state index contributed by atoms with van der Waals surface area (Å²) in [5, 5.41) is 9.47. The third kappa shape index (κ3) is 3.97. The largest absolute Gasteiger partial charge is 0.389 e. The zero-order valence-corrected chi connectivity index (χ0v) is 11.5. The van der Waals surface area contributed by atoms with Crippen LogP contribution in [0.5, 0.6) is 0 Å². The van der Waals surface area contributed by atoms with E-state index in [4.69, 9.17) is 0 Å². The number of aliphatic hydroxyl groups excluding tert-OH is 1. The van der Waals surface area contributed by atoms with Gasteiger partial charge in [-0.2, -0.15) is 0 Å².